The highest BCUT2D eigenvalue weighted by Crippen LogP contribution is 2.26. The molecular formula is C11H8ClNO4. The van der Waals surface area contributed by atoms with Crippen LogP contribution in [0.2, 0.25) is 5.02 Å². The third-order valence-corrected chi connectivity index (χ3v) is 2.34. The summed E-state index contributed by atoms with van der Waals surface area (Å²) in [7, 11) is 0. The molecule has 5 nitrogen and oxygen atoms in total. The number of benzene rings is 1. The van der Waals surface area contributed by atoms with Crippen molar-refractivity contribution in [2.24, 2.45) is 0 Å². The second-order valence-corrected chi connectivity index (χ2v) is 3.62. The predicted molar refractivity (Wildman–Crippen MR) is 59.2 cm³/mol. The average molecular weight is 254 g/mol. The van der Waals surface area contributed by atoms with E-state index in [4.69, 9.17) is 26.0 Å². The molecule has 0 saturated heterocycles. The van der Waals surface area contributed by atoms with Gasteiger partial charge in [-0.2, -0.15) is 0 Å². The van der Waals surface area contributed by atoms with Gasteiger partial charge < -0.3 is 14.4 Å². The van der Waals surface area contributed by atoms with E-state index in [0.29, 0.717) is 11.5 Å². The molecule has 17 heavy (non-hydrogen) atoms. The fourth-order valence-corrected chi connectivity index (χ4v) is 1.45. The zero-order chi connectivity index (χ0) is 12.3. The summed E-state index contributed by atoms with van der Waals surface area (Å²) in [5.41, 5.74) is 0.113. The lowest BCUT2D eigenvalue weighted by Crippen LogP contribution is -1.98. The minimum atomic E-state index is -1.03. The summed E-state index contributed by atoms with van der Waals surface area (Å²) in [5, 5.41) is 12.5. The first kappa shape index (κ1) is 11.5. The molecule has 0 fully saturated rings. The standard InChI is InChI=1S/C11H8ClNO4/c12-9-5-7(11(14)15)1-2-10(9)16-6-8-3-4-13-17-8/h1-5H,6H2,(H,14,15). The van der Waals surface area contributed by atoms with Crippen molar-refractivity contribution in [1.29, 1.82) is 0 Å². The molecule has 6 heteroatoms. The number of hydrogen-bond acceptors (Lipinski definition) is 4. The van der Waals surface area contributed by atoms with Gasteiger partial charge in [-0.25, -0.2) is 4.79 Å². The largest absolute Gasteiger partial charge is 0.484 e. The van der Waals surface area contributed by atoms with Gasteiger partial charge in [0.15, 0.2) is 5.76 Å². The van der Waals surface area contributed by atoms with Crippen molar-refractivity contribution in [1.82, 2.24) is 5.16 Å². The van der Waals surface area contributed by atoms with Crippen molar-refractivity contribution >= 4 is 17.6 Å². The number of nitrogens with zero attached hydrogens (tertiary/aromatic N) is 1. The van der Waals surface area contributed by atoms with Gasteiger partial charge in [-0.15, -0.1) is 0 Å². The van der Waals surface area contributed by atoms with E-state index in [9.17, 15) is 4.79 Å². The van der Waals surface area contributed by atoms with Gasteiger partial charge >= 0.3 is 5.97 Å². The summed E-state index contributed by atoms with van der Waals surface area (Å²) in [4.78, 5) is 10.7. The van der Waals surface area contributed by atoms with E-state index in [1.807, 2.05) is 0 Å². The van der Waals surface area contributed by atoms with Crippen LogP contribution in [0.4, 0.5) is 0 Å². The Hall–Kier alpha value is -2.01. The number of ether oxygens (including phenoxy) is 1. The molecule has 2 rings (SSSR count). The molecule has 0 unspecified atom stereocenters. The highest BCUT2D eigenvalue weighted by atomic mass is 35.5. The highest BCUT2D eigenvalue weighted by Gasteiger charge is 2.08. The van der Waals surface area contributed by atoms with Crippen LogP contribution in [0.5, 0.6) is 5.75 Å². The van der Waals surface area contributed by atoms with E-state index < -0.39 is 5.97 Å². The van der Waals surface area contributed by atoms with Gasteiger partial charge in [0.1, 0.15) is 12.4 Å². The average Bonchev–Trinajstić information content (AvgIpc) is 2.80. The molecule has 1 N–H and O–H groups in total. The summed E-state index contributed by atoms with van der Waals surface area (Å²) < 4.78 is 10.2. The first-order valence-electron chi connectivity index (χ1n) is 4.72. The summed E-state index contributed by atoms with van der Waals surface area (Å²) >= 11 is 5.88. The van der Waals surface area contributed by atoms with Crippen LogP contribution in [0.25, 0.3) is 0 Å². The van der Waals surface area contributed by atoms with Crippen molar-refractivity contribution in [2.75, 3.05) is 0 Å². The number of rotatable bonds is 4. The number of carboxylic acids is 1. The van der Waals surface area contributed by atoms with Crippen LogP contribution >= 0.6 is 11.6 Å². The highest BCUT2D eigenvalue weighted by molar-refractivity contribution is 6.32. The van der Waals surface area contributed by atoms with Crippen molar-refractivity contribution in [3.63, 3.8) is 0 Å². The fraction of sp³-hybridized carbons (Fsp3) is 0.0909. The summed E-state index contributed by atoms with van der Waals surface area (Å²) in [6.45, 7) is 0.187. The quantitative estimate of drug-likeness (QED) is 0.907. The first-order chi connectivity index (χ1) is 8.16. The second kappa shape index (κ2) is 4.88. The smallest absolute Gasteiger partial charge is 0.335 e. The third kappa shape index (κ3) is 2.76. The third-order valence-electron chi connectivity index (χ3n) is 2.04. The van der Waals surface area contributed by atoms with Gasteiger partial charge in [-0.05, 0) is 18.2 Å². The molecule has 0 amide bonds. The van der Waals surface area contributed by atoms with Gasteiger partial charge in [0, 0.05) is 6.07 Å². The van der Waals surface area contributed by atoms with E-state index in [1.165, 1.54) is 24.4 Å². The Balaban J connectivity index is 2.09. The number of carbonyl (C=O) groups is 1. The summed E-state index contributed by atoms with van der Waals surface area (Å²) in [5.74, 6) is -0.0786. The van der Waals surface area contributed by atoms with E-state index in [0.717, 1.165) is 0 Å². The van der Waals surface area contributed by atoms with Crippen LogP contribution < -0.4 is 4.74 Å². The lowest BCUT2D eigenvalue weighted by atomic mass is 10.2. The Morgan fingerprint density at radius 2 is 2.29 bits per heavy atom. The molecule has 0 bridgehead atoms. The van der Waals surface area contributed by atoms with Gasteiger partial charge in [0.2, 0.25) is 0 Å². The summed E-state index contributed by atoms with van der Waals surface area (Å²) in [6.07, 6.45) is 1.51. The number of aromatic nitrogens is 1. The van der Waals surface area contributed by atoms with Crippen molar-refractivity contribution in [3.05, 3.63) is 46.8 Å². The number of hydrogen-bond donors (Lipinski definition) is 1. The molecule has 88 valence electrons. The molecule has 0 aliphatic carbocycles. The van der Waals surface area contributed by atoms with Gasteiger partial charge in [0.25, 0.3) is 0 Å². The molecule has 0 spiro atoms. The SMILES string of the molecule is O=C(O)c1ccc(OCc2ccno2)c(Cl)c1. The number of carboxylic acid groups (broad SMARTS) is 1. The molecule has 1 aromatic carbocycles. The Kier molecular flexibility index (Phi) is 3.30. The molecule has 1 heterocycles. The molecule has 0 saturated carbocycles. The Labute approximate surface area is 102 Å². The molecule has 0 atom stereocenters. The van der Waals surface area contributed by atoms with Crippen LogP contribution in [0.3, 0.4) is 0 Å². The van der Waals surface area contributed by atoms with Gasteiger partial charge in [0.05, 0.1) is 16.8 Å². The summed E-state index contributed by atoms with van der Waals surface area (Å²) in [6, 6.07) is 5.92. The van der Waals surface area contributed by atoms with Gasteiger partial charge in [-0.1, -0.05) is 16.8 Å². The monoisotopic (exact) mass is 253 g/mol. The zero-order valence-electron chi connectivity index (χ0n) is 8.59. The van der Waals surface area contributed by atoms with Crippen molar-refractivity contribution < 1.29 is 19.2 Å². The Morgan fingerprint density at radius 1 is 1.47 bits per heavy atom. The molecule has 0 aliphatic rings. The maximum atomic E-state index is 10.7. The lowest BCUT2D eigenvalue weighted by molar-refractivity contribution is 0.0697. The van der Waals surface area contributed by atoms with Crippen LogP contribution in [0, 0.1) is 0 Å². The molecule has 0 radical (unpaired) electrons. The Morgan fingerprint density at radius 3 is 2.88 bits per heavy atom. The molecular weight excluding hydrogens is 246 g/mol. The molecule has 0 aliphatic heterocycles. The number of halogens is 1. The molecule has 1 aromatic heterocycles. The number of aromatic carboxylic acids is 1. The second-order valence-electron chi connectivity index (χ2n) is 3.22. The molecule has 2 aromatic rings. The van der Waals surface area contributed by atoms with Crippen molar-refractivity contribution in [2.45, 2.75) is 6.61 Å². The van der Waals surface area contributed by atoms with Crippen LogP contribution in [-0.4, -0.2) is 16.2 Å². The minimum Gasteiger partial charge on any atom is -0.484 e. The van der Waals surface area contributed by atoms with E-state index in [1.54, 1.807) is 6.07 Å². The first-order valence-corrected chi connectivity index (χ1v) is 5.10. The predicted octanol–water partition coefficient (Wildman–Crippen LogP) is 2.61. The van der Waals surface area contributed by atoms with E-state index in [2.05, 4.69) is 5.16 Å². The minimum absolute atomic E-state index is 0.113. The van der Waals surface area contributed by atoms with Crippen LogP contribution in [0.1, 0.15) is 16.1 Å². The van der Waals surface area contributed by atoms with Crippen LogP contribution in [0.15, 0.2) is 35.0 Å². The van der Waals surface area contributed by atoms with E-state index in [-0.39, 0.29) is 17.2 Å². The fourth-order valence-electron chi connectivity index (χ4n) is 1.22. The topological polar surface area (TPSA) is 72.6 Å². The Bertz CT molecular complexity index is 524. The van der Waals surface area contributed by atoms with Gasteiger partial charge in [-0.3, -0.25) is 0 Å². The van der Waals surface area contributed by atoms with Crippen molar-refractivity contribution in [3.8, 4) is 5.75 Å². The normalized spacial score (nSPS) is 10.2. The maximum absolute atomic E-state index is 10.7. The zero-order valence-corrected chi connectivity index (χ0v) is 9.35. The van der Waals surface area contributed by atoms with E-state index >= 15 is 0 Å². The maximum Gasteiger partial charge on any atom is 0.335 e. The van der Waals surface area contributed by atoms with Crippen LogP contribution in [-0.2, 0) is 6.61 Å². The lowest BCUT2D eigenvalue weighted by Gasteiger charge is -2.06.